The van der Waals surface area contributed by atoms with Gasteiger partial charge < -0.3 is 4.98 Å². The second-order valence-electron chi connectivity index (χ2n) is 8.35. The smallest absolute Gasteiger partial charge is 0.342 e. The van der Waals surface area contributed by atoms with Gasteiger partial charge in [0.15, 0.2) is 0 Å². The molecule has 9 heteroatoms. The largest absolute Gasteiger partial charge is 0.416 e. The molecule has 33 heavy (non-hydrogen) atoms. The predicted molar refractivity (Wildman–Crippen MR) is 122 cm³/mol. The van der Waals surface area contributed by atoms with Gasteiger partial charge in [-0.1, -0.05) is 42.5 Å². The number of sulfonamides is 1. The lowest BCUT2D eigenvalue weighted by molar-refractivity contribution is -0.137. The number of nitrogens with zero attached hydrogens (tertiary/aromatic N) is 1. The zero-order chi connectivity index (χ0) is 23.4. The third-order valence-corrected chi connectivity index (χ3v) is 6.41. The summed E-state index contributed by atoms with van der Waals surface area (Å²) in [4.78, 5) is 7.98. The Morgan fingerprint density at radius 2 is 1.79 bits per heavy atom. The molecule has 1 saturated carbocycles. The van der Waals surface area contributed by atoms with Gasteiger partial charge in [-0.05, 0) is 47.7 Å². The summed E-state index contributed by atoms with van der Waals surface area (Å²) in [6.07, 6.45) is -2.53. The van der Waals surface area contributed by atoms with Crippen molar-refractivity contribution in [3.63, 3.8) is 0 Å². The summed E-state index contributed by atoms with van der Waals surface area (Å²) < 4.78 is 65.1. The monoisotopic (exact) mass is 471 g/mol. The lowest BCUT2D eigenvalue weighted by atomic mass is 10.0. The molecule has 0 radical (unpaired) electrons. The fraction of sp³-hybridized carbons (Fsp3) is 0.208. The Morgan fingerprint density at radius 1 is 1.00 bits per heavy atom. The van der Waals surface area contributed by atoms with Crippen molar-refractivity contribution in [1.82, 2.24) is 9.97 Å². The number of benzene rings is 3. The number of aromatic nitrogens is 2. The van der Waals surface area contributed by atoms with Crippen LogP contribution in [0.2, 0.25) is 0 Å². The molecule has 1 aromatic heterocycles. The average molecular weight is 472 g/mol. The lowest BCUT2D eigenvalue weighted by Gasteiger charge is -2.10. The molecular weight excluding hydrogens is 451 g/mol. The van der Waals surface area contributed by atoms with E-state index in [-0.39, 0.29) is 11.8 Å². The van der Waals surface area contributed by atoms with Crippen molar-refractivity contribution >= 4 is 26.7 Å². The van der Waals surface area contributed by atoms with E-state index >= 15 is 0 Å². The Hall–Kier alpha value is -3.33. The molecule has 4 aromatic rings. The number of nitrogens with one attached hydrogen (secondary N) is 2. The first-order valence-electron chi connectivity index (χ1n) is 10.3. The zero-order valence-corrected chi connectivity index (χ0v) is 18.3. The molecule has 1 fully saturated rings. The van der Waals surface area contributed by atoms with Crippen LogP contribution in [0.5, 0.6) is 0 Å². The standard InChI is InChI=1S/C24H20F3N3O2S/c1-33(31,32)30-20-8-3-2-7-17(20)15-9-10-21-22(12-15)29-23(28-21)19-13-18(19)14-5-4-6-16(11-14)24(25,26)27/h2-12,18-19,30H,13H2,1H3,(H,28,29). The summed E-state index contributed by atoms with van der Waals surface area (Å²) in [5, 5.41) is 0. The van der Waals surface area contributed by atoms with Crippen LogP contribution in [0.4, 0.5) is 18.9 Å². The van der Waals surface area contributed by atoms with Crippen molar-refractivity contribution in [3.05, 3.63) is 83.7 Å². The van der Waals surface area contributed by atoms with E-state index in [1.807, 2.05) is 30.3 Å². The van der Waals surface area contributed by atoms with Gasteiger partial charge in [0.05, 0.1) is 28.5 Å². The third kappa shape index (κ3) is 4.45. The molecular formula is C24H20F3N3O2S. The third-order valence-electron chi connectivity index (χ3n) is 5.82. The summed E-state index contributed by atoms with van der Waals surface area (Å²) in [6.45, 7) is 0. The lowest BCUT2D eigenvalue weighted by Crippen LogP contribution is -2.10. The highest BCUT2D eigenvalue weighted by atomic mass is 32.2. The van der Waals surface area contributed by atoms with Crippen LogP contribution in [0.25, 0.3) is 22.2 Å². The normalized spacial score (nSPS) is 18.4. The van der Waals surface area contributed by atoms with E-state index in [1.54, 1.807) is 18.2 Å². The van der Waals surface area contributed by atoms with Crippen LogP contribution in [0.15, 0.2) is 66.7 Å². The molecule has 0 amide bonds. The maximum atomic E-state index is 13.1. The molecule has 2 N–H and O–H groups in total. The van der Waals surface area contributed by atoms with Gasteiger partial charge in [-0.15, -0.1) is 0 Å². The molecule has 5 rings (SSSR count). The van der Waals surface area contributed by atoms with Crippen LogP contribution in [0.1, 0.15) is 35.2 Å². The number of fused-ring (bicyclic) bond motifs is 1. The van der Waals surface area contributed by atoms with Crippen molar-refractivity contribution in [3.8, 4) is 11.1 Å². The molecule has 1 heterocycles. The Labute approximate surface area is 188 Å². The Bertz CT molecular complexity index is 1460. The number of hydrogen-bond acceptors (Lipinski definition) is 3. The van der Waals surface area contributed by atoms with E-state index in [2.05, 4.69) is 9.71 Å². The van der Waals surface area contributed by atoms with Gasteiger partial charge in [-0.25, -0.2) is 13.4 Å². The van der Waals surface area contributed by atoms with E-state index < -0.39 is 21.8 Å². The molecule has 5 nitrogen and oxygen atoms in total. The molecule has 1 aliphatic carbocycles. The molecule has 2 unspecified atom stereocenters. The minimum atomic E-state index is -4.36. The number of anilines is 1. The van der Waals surface area contributed by atoms with Crippen molar-refractivity contribution < 1.29 is 21.6 Å². The highest BCUT2D eigenvalue weighted by Gasteiger charge is 2.42. The zero-order valence-electron chi connectivity index (χ0n) is 17.5. The van der Waals surface area contributed by atoms with E-state index in [4.69, 9.17) is 4.98 Å². The van der Waals surface area contributed by atoms with Gasteiger partial charge in [0.25, 0.3) is 0 Å². The Balaban J connectivity index is 1.43. The van der Waals surface area contributed by atoms with Gasteiger partial charge in [-0.2, -0.15) is 13.2 Å². The minimum absolute atomic E-state index is 0.00739. The molecule has 0 bridgehead atoms. The number of rotatable bonds is 5. The fourth-order valence-corrected chi connectivity index (χ4v) is 4.78. The number of aromatic amines is 1. The topological polar surface area (TPSA) is 74.8 Å². The summed E-state index contributed by atoms with van der Waals surface area (Å²) in [5.74, 6) is 0.766. The summed E-state index contributed by atoms with van der Waals surface area (Å²) in [7, 11) is -3.44. The first-order chi connectivity index (χ1) is 15.6. The van der Waals surface area contributed by atoms with Gasteiger partial charge in [-0.3, -0.25) is 4.72 Å². The number of imidazole rings is 1. The quantitative estimate of drug-likeness (QED) is 0.381. The van der Waals surface area contributed by atoms with Gasteiger partial charge >= 0.3 is 6.18 Å². The van der Waals surface area contributed by atoms with Crippen LogP contribution < -0.4 is 4.72 Å². The second kappa shape index (κ2) is 7.62. The number of alkyl halides is 3. The van der Waals surface area contributed by atoms with Crippen LogP contribution >= 0.6 is 0 Å². The van der Waals surface area contributed by atoms with E-state index in [0.717, 1.165) is 41.2 Å². The highest BCUT2D eigenvalue weighted by Crippen LogP contribution is 2.54. The molecule has 2 atom stereocenters. The summed E-state index contributed by atoms with van der Waals surface area (Å²) in [6, 6.07) is 18.2. The Kier molecular flexibility index (Phi) is 4.97. The maximum Gasteiger partial charge on any atom is 0.416 e. The van der Waals surface area contributed by atoms with Crippen LogP contribution in [0, 0.1) is 0 Å². The summed E-state index contributed by atoms with van der Waals surface area (Å²) in [5.41, 5.74) is 3.56. The van der Waals surface area contributed by atoms with Crippen LogP contribution in [-0.2, 0) is 16.2 Å². The van der Waals surface area contributed by atoms with Gasteiger partial charge in [0.1, 0.15) is 5.82 Å². The molecule has 0 saturated heterocycles. The minimum Gasteiger partial charge on any atom is -0.342 e. The predicted octanol–water partition coefficient (Wildman–Crippen LogP) is 5.89. The van der Waals surface area contributed by atoms with Crippen molar-refractivity contribution in [2.75, 3.05) is 11.0 Å². The second-order valence-corrected chi connectivity index (χ2v) is 10.1. The van der Waals surface area contributed by atoms with Gasteiger partial charge in [0, 0.05) is 11.5 Å². The van der Waals surface area contributed by atoms with E-state index in [0.29, 0.717) is 16.8 Å². The molecule has 0 aliphatic heterocycles. The molecule has 0 spiro atoms. The summed E-state index contributed by atoms with van der Waals surface area (Å²) >= 11 is 0. The Morgan fingerprint density at radius 3 is 2.55 bits per heavy atom. The van der Waals surface area contributed by atoms with Crippen molar-refractivity contribution in [2.24, 2.45) is 0 Å². The molecule has 170 valence electrons. The SMILES string of the molecule is CS(=O)(=O)Nc1ccccc1-c1ccc2[nH]c(C3CC3c3cccc(C(F)(F)F)c3)nc2c1. The molecule has 3 aromatic carbocycles. The first-order valence-corrected chi connectivity index (χ1v) is 12.2. The number of halogens is 3. The van der Waals surface area contributed by atoms with Crippen molar-refractivity contribution in [1.29, 1.82) is 0 Å². The number of H-pyrrole nitrogens is 1. The van der Waals surface area contributed by atoms with Gasteiger partial charge in [0.2, 0.25) is 10.0 Å². The number of hydrogen-bond donors (Lipinski definition) is 2. The fourth-order valence-electron chi connectivity index (χ4n) is 4.20. The maximum absolute atomic E-state index is 13.1. The first kappa shape index (κ1) is 21.5. The average Bonchev–Trinajstić information content (AvgIpc) is 3.44. The van der Waals surface area contributed by atoms with E-state index in [1.165, 1.54) is 12.1 Å². The van der Waals surface area contributed by atoms with Crippen LogP contribution in [-0.4, -0.2) is 24.6 Å². The van der Waals surface area contributed by atoms with E-state index in [9.17, 15) is 21.6 Å². The molecule has 1 aliphatic rings. The highest BCUT2D eigenvalue weighted by molar-refractivity contribution is 7.92. The number of para-hydroxylation sites is 1. The van der Waals surface area contributed by atoms with Crippen molar-refractivity contribution in [2.45, 2.75) is 24.4 Å². The van der Waals surface area contributed by atoms with Crippen LogP contribution in [0.3, 0.4) is 0 Å².